The predicted molar refractivity (Wildman–Crippen MR) is 64.4 cm³/mol. The summed E-state index contributed by atoms with van der Waals surface area (Å²) in [5, 5.41) is 2.74. The van der Waals surface area contributed by atoms with Crippen LogP contribution in [0.25, 0.3) is 0 Å². The Morgan fingerprint density at radius 1 is 1.59 bits per heavy atom. The molecule has 1 atom stereocenters. The number of amides is 1. The summed E-state index contributed by atoms with van der Waals surface area (Å²) in [5.41, 5.74) is 5.73. The lowest BCUT2D eigenvalue weighted by Gasteiger charge is -2.10. The van der Waals surface area contributed by atoms with E-state index in [0.29, 0.717) is 19.6 Å². The number of hydrogen-bond acceptors (Lipinski definition) is 4. The monoisotopic (exact) mass is 240 g/mol. The first-order chi connectivity index (χ1) is 8.13. The van der Waals surface area contributed by atoms with E-state index in [1.54, 1.807) is 7.11 Å². The van der Waals surface area contributed by atoms with Crippen molar-refractivity contribution in [1.29, 1.82) is 0 Å². The van der Waals surface area contributed by atoms with Crippen molar-refractivity contribution in [3.05, 3.63) is 23.7 Å². The topological polar surface area (TPSA) is 77.5 Å². The molecule has 1 rings (SSSR count). The molecule has 1 aromatic rings. The minimum atomic E-state index is -0.485. The molecule has 0 aliphatic carbocycles. The molecule has 5 nitrogen and oxygen atoms in total. The standard InChI is InChI=1S/C12H20N2O3/c1-9-5-6-10(17-9)8-14-12(15)11(13)4-3-7-16-2/h5-6,11H,3-4,7-8,13H2,1-2H3,(H,14,15). The number of furan rings is 1. The maximum absolute atomic E-state index is 11.6. The third-order valence-corrected chi connectivity index (χ3v) is 2.43. The Balaban J connectivity index is 2.24. The molecule has 1 unspecified atom stereocenters. The van der Waals surface area contributed by atoms with Crippen LogP contribution in [-0.4, -0.2) is 25.7 Å². The maximum Gasteiger partial charge on any atom is 0.237 e. The van der Waals surface area contributed by atoms with Crippen LogP contribution in [0.3, 0.4) is 0 Å². The van der Waals surface area contributed by atoms with Gasteiger partial charge in [0.1, 0.15) is 11.5 Å². The first kappa shape index (κ1) is 13.7. The van der Waals surface area contributed by atoms with Gasteiger partial charge in [0.25, 0.3) is 0 Å². The molecule has 0 aromatic carbocycles. The molecule has 96 valence electrons. The summed E-state index contributed by atoms with van der Waals surface area (Å²) in [4.78, 5) is 11.6. The van der Waals surface area contributed by atoms with Crippen molar-refractivity contribution in [2.75, 3.05) is 13.7 Å². The van der Waals surface area contributed by atoms with Crippen LogP contribution in [0.5, 0.6) is 0 Å². The van der Waals surface area contributed by atoms with Gasteiger partial charge in [0.2, 0.25) is 5.91 Å². The van der Waals surface area contributed by atoms with Gasteiger partial charge in [-0.25, -0.2) is 0 Å². The summed E-state index contributed by atoms with van der Waals surface area (Å²) in [7, 11) is 1.63. The molecule has 3 N–H and O–H groups in total. The van der Waals surface area contributed by atoms with Gasteiger partial charge in [0.05, 0.1) is 12.6 Å². The van der Waals surface area contributed by atoms with Crippen molar-refractivity contribution >= 4 is 5.91 Å². The Labute approximate surface area is 101 Å². The third-order valence-electron chi connectivity index (χ3n) is 2.43. The van der Waals surface area contributed by atoms with E-state index >= 15 is 0 Å². The first-order valence-electron chi connectivity index (χ1n) is 5.71. The van der Waals surface area contributed by atoms with E-state index in [2.05, 4.69) is 5.32 Å². The highest BCUT2D eigenvalue weighted by Gasteiger charge is 2.12. The van der Waals surface area contributed by atoms with Gasteiger partial charge in [-0.2, -0.15) is 0 Å². The van der Waals surface area contributed by atoms with Crippen LogP contribution in [0.15, 0.2) is 16.5 Å². The number of carbonyl (C=O) groups is 1. The number of hydrogen-bond donors (Lipinski definition) is 2. The van der Waals surface area contributed by atoms with Gasteiger partial charge in [-0.3, -0.25) is 4.79 Å². The second kappa shape index (κ2) is 7.09. The maximum atomic E-state index is 11.6. The Morgan fingerprint density at radius 2 is 2.35 bits per heavy atom. The van der Waals surface area contributed by atoms with E-state index in [1.165, 1.54) is 0 Å². The summed E-state index contributed by atoms with van der Waals surface area (Å²) < 4.78 is 10.2. The average molecular weight is 240 g/mol. The molecule has 5 heteroatoms. The molecular formula is C12H20N2O3. The molecule has 0 radical (unpaired) electrons. The van der Waals surface area contributed by atoms with Crippen molar-refractivity contribution in [2.24, 2.45) is 5.73 Å². The van der Waals surface area contributed by atoms with E-state index in [4.69, 9.17) is 14.9 Å². The van der Waals surface area contributed by atoms with E-state index in [0.717, 1.165) is 17.9 Å². The lowest BCUT2D eigenvalue weighted by atomic mass is 10.1. The number of ether oxygens (including phenoxy) is 1. The first-order valence-corrected chi connectivity index (χ1v) is 5.71. The second-order valence-corrected chi connectivity index (χ2v) is 3.97. The van der Waals surface area contributed by atoms with Gasteiger partial charge < -0.3 is 20.2 Å². The molecule has 0 spiro atoms. The third kappa shape index (κ3) is 5.01. The number of aryl methyl sites for hydroxylation is 1. The summed E-state index contributed by atoms with van der Waals surface area (Å²) >= 11 is 0. The number of rotatable bonds is 7. The highest BCUT2D eigenvalue weighted by molar-refractivity contribution is 5.81. The Kier molecular flexibility index (Phi) is 5.72. The van der Waals surface area contributed by atoms with Gasteiger partial charge in [-0.1, -0.05) is 0 Å². The van der Waals surface area contributed by atoms with Crippen LogP contribution < -0.4 is 11.1 Å². The lowest BCUT2D eigenvalue weighted by Crippen LogP contribution is -2.40. The molecule has 0 aliphatic rings. The molecule has 1 heterocycles. The van der Waals surface area contributed by atoms with E-state index in [1.807, 2.05) is 19.1 Å². The fourth-order valence-corrected chi connectivity index (χ4v) is 1.46. The van der Waals surface area contributed by atoms with Gasteiger partial charge in [0.15, 0.2) is 0 Å². The molecule has 0 saturated heterocycles. The van der Waals surface area contributed by atoms with Crippen molar-refractivity contribution in [1.82, 2.24) is 5.32 Å². The average Bonchev–Trinajstić information content (AvgIpc) is 2.72. The highest BCUT2D eigenvalue weighted by atomic mass is 16.5. The largest absolute Gasteiger partial charge is 0.465 e. The van der Waals surface area contributed by atoms with Gasteiger partial charge in [-0.15, -0.1) is 0 Å². The fourth-order valence-electron chi connectivity index (χ4n) is 1.46. The Morgan fingerprint density at radius 3 is 2.94 bits per heavy atom. The zero-order valence-electron chi connectivity index (χ0n) is 10.4. The van der Waals surface area contributed by atoms with Crippen LogP contribution in [0.1, 0.15) is 24.4 Å². The fraction of sp³-hybridized carbons (Fsp3) is 0.583. The van der Waals surface area contributed by atoms with Gasteiger partial charge >= 0.3 is 0 Å². The van der Waals surface area contributed by atoms with Crippen LogP contribution in [-0.2, 0) is 16.1 Å². The number of nitrogens with one attached hydrogen (secondary N) is 1. The van der Waals surface area contributed by atoms with Crippen LogP contribution in [0.4, 0.5) is 0 Å². The summed E-state index contributed by atoms with van der Waals surface area (Å²) in [6.45, 7) is 2.87. The number of methoxy groups -OCH3 is 1. The Bertz CT molecular complexity index is 349. The highest BCUT2D eigenvalue weighted by Crippen LogP contribution is 2.05. The van der Waals surface area contributed by atoms with Crippen LogP contribution in [0, 0.1) is 6.92 Å². The van der Waals surface area contributed by atoms with E-state index in [-0.39, 0.29) is 5.91 Å². The van der Waals surface area contributed by atoms with Gasteiger partial charge in [0, 0.05) is 13.7 Å². The smallest absolute Gasteiger partial charge is 0.237 e. The Hall–Kier alpha value is -1.33. The van der Waals surface area contributed by atoms with Crippen LogP contribution >= 0.6 is 0 Å². The van der Waals surface area contributed by atoms with Crippen molar-refractivity contribution in [3.63, 3.8) is 0 Å². The molecule has 0 saturated carbocycles. The van der Waals surface area contributed by atoms with Crippen molar-refractivity contribution in [2.45, 2.75) is 32.4 Å². The van der Waals surface area contributed by atoms with E-state index < -0.39 is 6.04 Å². The SMILES string of the molecule is COCCCC(N)C(=O)NCc1ccc(C)o1. The summed E-state index contributed by atoms with van der Waals surface area (Å²) in [6.07, 6.45) is 1.40. The summed E-state index contributed by atoms with van der Waals surface area (Å²) in [5.74, 6) is 1.41. The normalized spacial score (nSPS) is 12.4. The lowest BCUT2D eigenvalue weighted by molar-refractivity contribution is -0.122. The molecule has 17 heavy (non-hydrogen) atoms. The van der Waals surface area contributed by atoms with Gasteiger partial charge in [-0.05, 0) is 31.9 Å². The number of carbonyl (C=O) groups excluding carboxylic acids is 1. The van der Waals surface area contributed by atoms with Crippen molar-refractivity contribution in [3.8, 4) is 0 Å². The second-order valence-electron chi connectivity index (χ2n) is 3.97. The van der Waals surface area contributed by atoms with Crippen molar-refractivity contribution < 1.29 is 13.9 Å². The minimum Gasteiger partial charge on any atom is -0.465 e. The predicted octanol–water partition coefficient (Wildman–Crippen LogP) is 0.958. The number of nitrogens with two attached hydrogens (primary N) is 1. The van der Waals surface area contributed by atoms with Crippen LogP contribution in [0.2, 0.25) is 0 Å². The zero-order chi connectivity index (χ0) is 12.7. The molecule has 0 fully saturated rings. The minimum absolute atomic E-state index is 0.157. The molecule has 1 amide bonds. The molecule has 1 aromatic heterocycles. The van der Waals surface area contributed by atoms with E-state index in [9.17, 15) is 4.79 Å². The molecule has 0 bridgehead atoms. The molecular weight excluding hydrogens is 220 g/mol. The zero-order valence-corrected chi connectivity index (χ0v) is 10.4. The summed E-state index contributed by atoms with van der Waals surface area (Å²) in [6, 6.07) is 3.22. The quantitative estimate of drug-likeness (QED) is 0.696. The molecule has 0 aliphatic heterocycles.